The van der Waals surface area contributed by atoms with Gasteiger partial charge in [-0.15, -0.1) is 0 Å². The van der Waals surface area contributed by atoms with Gasteiger partial charge in [0.25, 0.3) is 0 Å². The number of ketones is 1. The van der Waals surface area contributed by atoms with Gasteiger partial charge >= 0.3 is 6.18 Å². The third-order valence-electron chi connectivity index (χ3n) is 3.67. The molecule has 0 fully saturated rings. The highest BCUT2D eigenvalue weighted by molar-refractivity contribution is 5.99. The number of anilines is 1. The van der Waals surface area contributed by atoms with Crippen molar-refractivity contribution in [1.29, 1.82) is 0 Å². The van der Waals surface area contributed by atoms with E-state index in [0.29, 0.717) is 16.8 Å². The maximum atomic E-state index is 12.6. The Hall–Kier alpha value is -3.16. The third kappa shape index (κ3) is 3.90. The smallest absolute Gasteiger partial charge is 0.376 e. The summed E-state index contributed by atoms with van der Waals surface area (Å²) in [6.07, 6.45) is -4.39. The summed E-state index contributed by atoms with van der Waals surface area (Å²) >= 11 is 0. The zero-order valence-electron chi connectivity index (χ0n) is 13.7. The van der Waals surface area contributed by atoms with Gasteiger partial charge in [0.2, 0.25) is 11.7 Å². The van der Waals surface area contributed by atoms with Crippen molar-refractivity contribution in [3.8, 4) is 11.4 Å². The van der Waals surface area contributed by atoms with E-state index in [1.54, 1.807) is 24.3 Å². The molecule has 0 aliphatic heterocycles. The first-order chi connectivity index (χ1) is 12.3. The van der Waals surface area contributed by atoms with Crippen LogP contribution in [-0.2, 0) is 12.7 Å². The van der Waals surface area contributed by atoms with Crippen LogP contribution in [0.25, 0.3) is 11.4 Å². The number of alkyl halides is 3. The van der Waals surface area contributed by atoms with Crippen molar-refractivity contribution in [2.75, 3.05) is 5.32 Å². The van der Waals surface area contributed by atoms with Gasteiger partial charge in [0, 0.05) is 16.8 Å². The lowest BCUT2D eigenvalue weighted by atomic mass is 10.1. The Morgan fingerprint density at radius 1 is 1.12 bits per heavy atom. The van der Waals surface area contributed by atoms with E-state index in [0.717, 1.165) is 12.1 Å². The van der Waals surface area contributed by atoms with Gasteiger partial charge in [-0.3, -0.25) is 4.79 Å². The van der Waals surface area contributed by atoms with Gasteiger partial charge in [0.1, 0.15) is 0 Å². The summed E-state index contributed by atoms with van der Waals surface area (Å²) in [5.74, 6) is 0.359. The lowest BCUT2D eigenvalue weighted by Gasteiger charge is -2.07. The predicted molar refractivity (Wildman–Crippen MR) is 88.5 cm³/mol. The first-order valence-electron chi connectivity index (χ1n) is 7.68. The number of hydrogen-bond donors (Lipinski definition) is 1. The standard InChI is InChI=1S/C18H14F3N3O2/c1-11(25)14-4-2-3-5-15(14)22-10-16-23-17(24-26-16)12-6-8-13(9-7-12)18(19,20)21/h2-9,22H,10H2,1H3. The van der Waals surface area contributed by atoms with E-state index in [4.69, 9.17) is 4.52 Å². The zero-order valence-corrected chi connectivity index (χ0v) is 13.7. The number of Topliss-reactive ketones (excluding diaryl/α,β-unsaturated/α-hetero) is 1. The van der Waals surface area contributed by atoms with Crippen molar-refractivity contribution in [3.05, 3.63) is 65.5 Å². The number of hydrogen-bond acceptors (Lipinski definition) is 5. The molecule has 0 amide bonds. The Kier molecular flexibility index (Phi) is 4.75. The molecule has 0 aliphatic carbocycles. The van der Waals surface area contributed by atoms with Gasteiger partial charge < -0.3 is 9.84 Å². The van der Waals surface area contributed by atoms with Crippen LogP contribution in [0, 0.1) is 0 Å². The number of nitrogens with one attached hydrogen (secondary N) is 1. The second-order valence-electron chi connectivity index (χ2n) is 5.54. The molecule has 3 rings (SSSR count). The number of benzene rings is 2. The summed E-state index contributed by atoms with van der Waals surface area (Å²) < 4.78 is 42.9. The van der Waals surface area contributed by atoms with Crippen LogP contribution in [0.1, 0.15) is 28.7 Å². The second-order valence-corrected chi connectivity index (χ2v) is 5.54. The lowest BCUT2D eigenvalue weighted by molar-refractivity contribution is -0.137. The number of para-hydroxylation sites is 1. The molecule has 26 heavy (non-hydrogen) atoms. The fourth-order valence-electron chi connectivity index (χ4n) is 2.37. The average molecular weight is 361 g/mol. The van der Waals surface area contributed by atoms with Gasteiger partial charge in [-0.25, -0.2) is 0 Å². The molecule has 8 heteroatoms. The maximum absolute atomic E-state index is 12.6. The summed E-state index contributed by atoms with van der Waals surface area (Å²) in [5.41, 5.74) is 0.842. The van der Waals surface area contributed by atoms with Crippen LogP contribution in [0.3, 0.4) is 0 Å². The molecule has 5 nitrogen and oxygen atoms in total. The fourth-order valence-corrected chi connectivity index (χ4v) is 2.37. The molecule has 134 valence electrons. The molecular formula is C18H14F3N3O2. The van der Waals surface area contributed by atoms with Gasteiger partial charge in [0.05, 0.1) is 12.1 Å². The number of carbonyl (C=O) groups excluding carboxylic acids is 1. The largest absolute Gasteiger partial charge is 0.416 e. The topological polar surface area (TPSA) is 68.0 Å². The van der Waals surface area contributed by atoms with Crippen LogP contribution in [0.4, 0.5) is 18.9 Å². The molecule has 0 atom stereocenters. The summed E-state index contributed by atoms with van der Waals surface area (Å²) in [6.45, 7) is 1.65. The quantitative estimate of drug-likeness (QED) is 0.674. The molecule has 1 heterocycles. The molecule has 2 aromatic carbocycles. The van der Waals surface area contributed by atoms with E-state index in [2.05, 4.69) is 15.5 Å². The van der Waals surface area contributed by atoms with Crippen LogP contribution in [-0.4, -0.2) is 15.9 Å². The SMILES string of the molecule is CC(=O)c1ccccc1NCc1nc(-c2ccc(C(F)(F)F)cc2)no1. The molecule has 1 N–H and O–H groups in total. The van der Waals surface area contributed by atoms with Crippen LogP contribution >= 0.6 is 0 Å². The Morgan fingerprint density at radius 2 is 1.81 bits per heavy atom. The van der Waals surface area contributed by atoms with Crippen LogP contribution in [0.2, 0.25) is 0 Å². The number of carbonyl (C=O) groups is 1. The highest BCUT2D eigenvalue weighted by Crippen LogP contribution is 2.30. The first-order valence-corrected chi connectivity index (χ1v) is 7.68. The molecule has 0 unspecified atom stereocenters. The summed E-state index contributed by atoms with van der Waals surface area (Å²) in [7, 11) is 0. The average Bonchev–Trinajstić information content (AvgIpc) is 3.08. The van der Waals surface area contributed by atoms with Crippen molar-refractivity contribution >= 4 is 11.5 Å². The summed E-state index contributed by atoms with van der Waals surface area (Å²) in [4.78, 5) is 15.7. The normalized spacial score (nSPS) is 11.4. The molecule has 1 aromatic heterocycles. The number of halogens is 3. The number of nitrogens with zero attached hydrogens (tertiary/aromatic N) is 2. The molecule has 0 aliphatic rings. The summed E-state index contributed by atoms with van der Waals surface area (Å²) in [6, 6.07) is 11.5. The Morgan fingerprint density at radius 3 is 2.46 bits per heavy atom. The van der Waals surface area contributed by atoms with Gasteiger partial charge in [-0.2, -0.15) is 18.2 Å². The lowest BCUT2D eigenvalue weighted by Crippen LogP contribution is -2.05. The molecular weight excluding hydrogens is 347 g/mol. The number of rotatable bonds is 5. The van der Waals surface area contributed by atoms with E-state index in [-0.39, 0.29) is 24.0 Å². The number of aromatic nitrogens is 2. The second kappa shape index (κ2) is 6.99. The van der Waals surface area contributed by atoms with E-state index in [1.165, 1.54) is 19.1 Å². The minimum Gasteiger partial charge on any atom is -0.376 e. The Bertz CT molecular complexity index is 918. The van der Waals surface area contributed by atoms with E-state index in [1.807, 2.05) is 0 Å². The minimum atomic E-state index is -4.39. The monoisotopic (exact) mass is 361 g/mol. The molecule has 0 radical (unpaired) electrons. The van der Waals surface area contributed by atoms with Crippen LogP contribution < -0.4 is 5.32 Å². The van der Waals surface area contributed by atoms with Crippen molar-refractivity contribution in [1.82, 2.24) is 10.1 Å². The van der Waals surface area contributed by atoms with Crippen molar-refractivity contribution in [2.24, 2.45) is 0 Å². The summed E-state index contributed by atoms with van der Waals surface area (Å²) in [5, 5.41) is 6.81. The van der Waals surface area contributed by atoms with Gasteiger partial charge in [0.15, 0.2) is 5.78 Å². The highest BCUT2D eigenvalue weighted by atomic mass is 19.4. The van der Waals surface area contributed by atoms with Crippen LogP contribution in [0.5, 0.6) is 0 Å². The first kappa shape index (κ1) is 17.7. The molecule has 3 aromatic rings. The predicted octanol–water partition coefficient (Wildman–Crippen LogP) is 4.57. The minimum absolute atomic E-state index is 0.0796. The highest BCUT2D eigenvalue weighted by Gasteiger charge is 2.30. The van der Waals surface area contributed by atoms with Gasteiger partial charge in [-0.05, 0) is 31.2 Å². The van der Waals surface area contributed by atoms with Crippen molar-refractivity contribution in [3.63, 3.8) is 0 Å². The van der Waals surface area contributed by atoms with Crippen molar-refractivity contribution in [2.45, 2.75) is 19.6 Å². The van der Waals surface area contributed by atoms with E-state index in [9.17, 15) is 18.0 Å². The molecule has 0 spiro atoms. The molecule has 0 saturated heterocycles. The Labute approximate surface area is 146 Å². The fraction of sp³-hybridized carbons (Fsp3) is 0.167. The van der Waals surface area contributed by atoms with Crippen LogP contribution in [0.15, 0.2) is 53.1 Å². The molecule has 0 bridgehead atoms. The maximum Gasteiger partial charge on any atom is 0.416 e. The molecule has 0 saturated carbocycles. The zero-order chi connectivity index (χ0) is 18.7. The van der Waals surface area contributed by atoms with E-state index >= 15 is 0 Å². The Balaban J connectivity index is 1.72. The van der Waals surface area contributed by atoms with Crippen molar-refractivity contribution < 1.29 is 22.5 Å². The third-order valence-corrected chi connectivity index (χ3v) is 3.67. The van der Waals surface area contributed by atoms with E-state index < -0.39 is 11.7 Å². The van der Waals surface area contributed by atoms with Gasteiger partial charge in [-0.1, -0.05) is 29.4 Å².